The van der Waals surface area contributed by atoms with Gasteiger partial charge in [0.25, 0.3) is 0 Å². The molecule has 0 aliphatic heterocycles. The molecule has 0 saturated heterocycles. The van der Waals surface area contributed by atoms with Crippen molar-refractivity contribution in [2.75, 3.05) is 19.3 Å². The van der Waals surface area contributed by atoms with Crippen LogP contribution in [-0.4, -0.2) is 43.5 Å². The van der Waals surface area contributed by atoms with Gasteiger partial charge in [-0.2, -0.15) is 0 Å². The van der Waals surface area contributed by atoms with Crippen molar-refractivity contribution < 1.29 is 13.2 Å². The number of sulfonamides is 1. The zero-order valence-electron chi connectivity index (χ0n) is 14.1. The summed E-state index contributed by atoms with van der Waals surface area (Å²) >= 11 is 5.93. The van der Waals surface area contributed by atoms with Gasteiger partial charge in [0, 0.05) is 30.1 Å². The van der Waals surface area contributed by atoms with E-state index in [0.29, 0.717) is 18.0 Å². The Bertz CT molecular complexity index is 639. The van der Waals surface area contributed by atoms with E-state index in [4.69, 9.17) is 11.6 Å². The zero-order chi connectivity index (χ0) is 17.7. The lowest BCUT2D eigenvalue weighted by Gasteiger charge is -2.23. The molecule has 0 radical (unpaired) electrons. The van der Waals surface area contributed by atoms with Crippen molar-refractivity contribution in [3.63, 3.8) is 0 Å². The predicted molar refractivity (Wildman–Crippen MR) is 94.1 cm³/mol. The number of halogens is 1. The molecule has 0 atom stereocenters. The third-order valence-corrected chi connectivity index (χ3v) is 4.65. The number of carbonyl (C=O) groups is 1. The first-order chi connectivity index (χ1) is 10.5. The third-order valence-electron chi connectivity index (χ3n) is 3.11. The van der Waals surface area contributed by atoms with Crippen molar-refractivity contribution in [2.24, 2.45) is 0 Å². The summed E-state index contributed by atoms with van der Waals surface area (Å²) < 4.78 is 25.1. The van der Waals surface area contributed by atoms with Crippen LogP contribution in [0.2, 0.25) is 5.02 Å². The molecular weight excluding hydrogens is 336 g/mol. The minimum Gasteiger partial charge on any atom is -0.351 e. The van der Waals surface area contributed by atoms with Gasteiger partial charge in [-0.25, -0.2) is 12.7 Å². The maximum atomic E-state index is 11.9. The molecule has 7 heteroatoms. The molecule has 0 aliphatic rings. The van der Waals surface area contributed by atoms with E-state index in [0.717, 1.165) is 11.8 Å². The summed E-state index contributed by atoms with van der Waals surface area (Å²) in [6.07, 6.45) is 1.85. The molecule has 23 heavy (non-hydrogen) atoms. The van der Waals surface area contributed by atoms with Gasteiger partial charge in [-0.3, -0.25) is 4.79 Å². The van der Waals surface area contributed by atoms with Crippen LogP contribution in [0.25, 0.3) is 0 Å². The van der Waals surface area contributed by atoms with E-state index >= 15 is 0 Å². The van der Waals surface area contributed by atoms with Crippen LogP contribution in [0.1, 0.15) is 32.8 Å². The van der Waals surface area contributed by atoms with Crippen molar-refractivity contribution in [3.05, 3.63) is 34.9 Å². The highest BCUT2D eigenvalue weighted by Gasteiger charge is 2.19. The van der Waals surface area contributed by atoms with Crippen LogP contribution in [0, 0.1) is 0 Å². The molecule has 0 fully saturated rings. The Morgan fingerprint density at radius 3 is 2.43 bits per heavy atom. The van der Waals surface area contributed by atoms with Gasteiger partial charge in [0.2, 0.25) is 15.9 Å². The van der Waals surface area contributed by atoms with Crippen molar-refractivity contribution in [3.8, 4) is 0 Å². The zero-order valence-corrected chi connectivity index (χ0v) is 15.7. The Kier molecular flexibility index (Phi) is 7.04. The Morgan fingerprint density at radius 1 is 1.26 bits per heavy atom. The molecule has 0 heterocycles. The number of benzene rings is 1. The molecule has 0 saturated carbocycles. The molecule has 0 spiro atoms. The van der Waals surface area contributed by atoms with E-state index in [-0.39, 0.29) is 24.4 Å². The lowest BCUT2D eigenvalue weighted by molar-refractivity contribution is -0.122. The number of amides is 1. The first-order valence-electron chi connectivity index (χ1n) is 7.48. The number of rotatable bonds is 7. The number of carbonyl (C=O) groups excluding carboxylic acids is 1. The fraction of sp³-hybridized carbons (Fsp3) is 0.562. The third kappa shape index (κ3) is 8.34. The molecule has 5 nitrogen and oxygen atoms in total. The van der Waals surface area contributed by atoms with Crippen LogP contribution >= 0.6 is 11.6 Å². The molecule has 0 bridgehead atoms. The normalized spacial score (nSPS) is 12.4. The van der Waals surface area contributed by atoms with E-state index in [1.165, 1.54) is 4.31 Å². The van der Waals surface area contributed by atoms with Gasteiger partial charge < -0.3 is 5.32 Å². The van der Waals surface area contributed by atoms with E-state index in [1.54, 1.807) is 6.07 Å². The average molecular weight is 361 g/mol. The second kappa shape index (κ2) is 8.13. The van der Waals surface area contributed by atoms with Gasteiger partial charge in [-0.1, -0.05) is 23.7 Å². The minimum atomic E-state index is -3.36. The van der Waals surface area contributed by atoms with E-state index in [2.05, 4.69) is 5.32 Å². The number of nitrogens with zero attached hydrogens (tertiary/aromatic N) is 1. The van der Waals surface area contributed by atoms with Crippen molar-refractivity contribution in [2.45, 2.75) is 39.2 Å². The van der Waals surface area contributed by atoms with Gasteiger partial charge in [0.15, 0.2) is 0 Å². The SMILES string of the molecule is CC(C)(C)NC(=O)CCN(CCc1cccc(Cl)c1)S(C)(=O)=O. The Hall–Kier alpha value is -1.11. The maximum absolute atomic E-state index is 11.9. The summed E-state index contributed by atoms with van der Waals surface area (Å²) in [6, 6.07) is 7.32. The molecule has 1 aromatic carbocycles. The molecule has 130 valence electrons. The molecule has 0 unspecified atom stereocenters. The highest BCUT2D eigenvalue weighted by Crippen LogP contribution is 2.12. The smallest absolute Gasteiger partial charge is 0.221 e. The molecular formula is C16H25ClN2O3S. The van der Waals surface area contributed by atoms with Crippen LogP contribution in [-0.2, 0) is 21.2 Å². The Morgan fingerprint density at radius 2 is 1.91 bits per heavy atom. The second-order valence-corrected chi connectivity index (χ2v) is 9.01. The number of nitrogens with one attached hydrogen (secondary N) is 1. The summed E-state index contributed by atoms with van der Waals surface area (Å²) in [5, 5.41) is 3.45. The molecule has 1 N–H and O–H groups in total. The Balaban J connectivity index is 2.62. The largest absolute Gasteiger partial charge is 0.351 e. The van der Waals surface area contributed by atoms with Crippen LogP contribution in [0.4, 0.5) is 0 Å². The van der Waals surface area contributed by atoms with Gasteiger partial charge in [0.05, 0.1) is 6.26 Å². The average Bonchev–Trinajstić information content (AvgIpc) is 2.34. The number of hydrogen-bond acceptors (Lipinski definition) is 3. The lowest BCUT2D eigenvalue weighted by atomic mass is 10.1. The molecule has 0 aliphatic carbocycles. The summed E-state index contributed by atoms with van der Waals surface area (Å²) in [5.41, 5.74) is 0.638. The van der Waals surface area contributed by atoms with Crippen molar-refractivity contribution >= 4 is 27.5 Å². The standard InChI is InChI=1S/C16H25ClN2O3S/c1-16(2,3)18-15(20)9-11-19(23(4,21)22)10-8-13-6-5-7-14(17)12-13/h5-7,12H,8-11H2,1-4H3,(H,18,20). The minimum absolute atomic E-state index is 0.139. The monoisotopic (exact) mass is 360 g/mol. The predicted octanol–water partition coefficient (Wildman–Crippen LogP) is 2.45. The second-order valence-electron chi connectivity index (χ2n) is 6.59. The van der Waals surface area contributed by atoms with E-state index in [9.17, 15) is 13.2 Å². The van der Waals surface area contributed by atoms with Crippen LogP contribution in [0.5, 0.6) is 0 Å². The Labute approximate surface area is 144 Å². The summed E-state index contributed by atoms with van der Waals surface area (Å²) in [4.78, 5) is 11.9. The highest BCUT2D eigenvalue weighted by molar-refractivity contribution is 7.88. The molecule has 1 rings (SSSR count). The van der Waals surface area contributed by atoms with E-state index in [1.807, 2.05) is 39.0 Å². The molecule has 0 aromatic heterocycles. The summed E-state index contributed by atoms with van der Waals surface area (Å²) in [6.45, 7) is 6.15. The molecule has 1 aromatic rings. The van der Waals surface area contributed by atoms with Crippen LogP contribution < -0.4 is 5.32 Å². The first kappa shape index (κ1) is 19.9. The highest BCUT2D eigenvalue weighted by atomic mass is 35.5. The topological polar surface area (TPSA) is 66.5 Å². The quantitative estimate of drug-likeness (QED) is 0.812. The van der Waals surface area contributed by atoms with E-state index < -0.39 is 10.0 Å². The number of hydrogen-bond donors (Lipinski definition) is 1. The van der Waals surface area contributed by atoms with Gasteiger partial charge >= 0.3 is 0 Å². The molecule has 1 amide bonds. The summed E-state index contributed by atoms with van der Waals surface area (Å²) in [5.74, 6) is -0.158. The lowest BCUT2D eigenvalue weighted by Crippen LogP contribution is -2.42. The summed E-state index contributed by atoms with van der Waals surface area (Å²) in [7, 11) is -3.36. The maximum Gasteiger partial charge on any atom is 0.221 e. The van der Waals surface area contributed by atoms with Crippen molar-refractivity contribution in [1.29, 1.82) is 0 Å². The fourth-order valence-electron chi connectivity index (χ4n) is 2.10. The fourth-order valence-corrected chi connectivity index (χ4v) is 3.16. The van der Waals surface area contributed by atoms with Gasteiger partial charge in [-0.05, 0) is 44.9 Å². The van der Waals surface area contributed by atoms with Crippen LogP contribution in [0.3, 0.4) is 0 Å². The van der Waals surface area contributed by atoms with Crippen LogP contribution in [0.15, 0.2) is 24.3 Å². The van der Waals surface area contributed by atoms with Crippen molar-refractivity contribution in [1.82, 2.24) is 9.62 Å². The first-order valence-corrected chi connectivity index (χ1v) is 9.70. The van der Waals surface area contributed by atoms with Gasteiger partial charge in [0.1, 0.15) is 0 Å². The van der Waals surface area contributed by atoms with Gasteiger partial charge in [-0.15, -0.1) is 0 Å².